The van der Waals surface area contributed by atoms with Gasteiger partial charge in [0.2, 0.25) is 5.91 Å². The monoisotopic (exact) mass is 388 g/mol. The second-order valence-electron chi connectivity index (χ2n) is 6.70. The Kier molecular flexibility index (Phi) is 6.24. The molecule has 1 fully saturated rings. The maximum absolute atomic E-state index is 12.6. The van der Waals surface area contributed by atoms with Crippen LogP contribution in [0.25, 0.3) is 0 Å². The van der Waals surface area contributed by atoms with Gasteiger partial charge in [-0.2, -0.15) is 0 Å². The fourth-order valence-electron chi connectivity index (χ4n) is 3.58. The molecule has 0 aliphatic carbocycles. The Morgan fingerprint density at radius 3 is 2.81 bits per heavy atom. The number of hydrogen-bond donors (Lipinski definition) is 1. The van der Waals surface area contributed by atoms with E-state index in [9.17, 15) is 4.79 Å². The number of hydrogen-bond acceptors (Lipinski definition) is 4. The van der Waals surface area contributed by atoms with Crippen LogP contribution in [0.4, 0.5) is 5.69 Å². The third kappa shape index (κ3) is 4.37. The Morgan fingerprint density at radius 1 is 1.26 bits per heavy atom. The van der Waals surface area contributed by atoms with E-state index in [0.29, 0.717) is 11.6 Å². The van der Waals surface area contributed by atoms with Gasteiger partial charge in [-0.05, 0) is 62.2 Å². The largest absolute Gasteiger partial charge is 0.497 e. The molecule has 0 spiro atoms. The zero-order valence-electron chi connectivity index (χ0n) is 15.9. The molecule has 6 heteroatoms. The highest BCUT2D eigenvalue weighted by molar-refractivity contribution is 6.31. The van der Waals surface area contributed by atoms with Crippen molar-refractivity contribution in [2.75, 3.05) is 32.6 Å². The summed E-state index contributed by atoms with van der Waals surface area (Å²) >= 11 is 6.15. The summed E-state index contributed by atoms with van der Waals surface area (Å²) in [6.45, 7) is 3.08. The molecule has 0 saturated carbocycles. The lowest BCUT2D eigenvalue weighted by molar-refractivity contribution is -0.117. The first-order valence-corrected chi connectivity index (χ1v) is 9.42. The molecule has 1 saturated heterocycles. The molecule has 1 heterocycles. The molecule has 1 N–H and O–H groups in total. The van der Waals surface area contributed by atoms with Gasteiger partial charge in [-0.25, -0.2) is 0 Å². The average Bonchev–Trinajstić information content (AvgIpc) is 3.12. The van der Waals surface area contributed by atoms with E-state index < -0.39 is 0 Å². The number of nitrogens with one attached hydrogen (secondary N) is 1. The number of anilines is 1. The predicted octanol–water partition coefficient (Wildman–Crippen LogP) is 4.44. The van der Waals surface area contributed by atoms with Gasteiger partial charge in [-0.3, -0.25) is 9.69 Å². The highest BCUT2D eigenvalue weighted by atomic mass is 35.5. The minimum absolute atomic E-state index is 0.0471. The standard InChI is InChI=1S/C21H25ClN2O3/c1-14-17(22)6-4-7-18(14)23-21(25)13-24-11-5-8-19(24)16-12-15(26-2)9-10-20(16)27-3/h4,6-7,9-10,12,19H,5,8,11,13H2,1-3H3,(H,23,25)/t19-/m1/s1. The van der Waals surface area contributed by atoms with Crippen LogP contribution in [-0.4, -0.2) is 38.1 Å². The lowest BCUT2D eigenvalue weighted by Crippen LogP contribution is -2.33. The molecule has 2 aromatic carbocycles. The van der Waals surface area contributed by atoms with E-state index in [1.165, 1.54) is 0 Å². The van der Waals surface area contributed by atoms with Crippen molar-refractivity contribution < 1.29 is 14.3 Å². The summed E-state index contributed by atoms with van der Waals surface area (Å²) < 4.78 is 10.9. The SMILES string of the molecule is COc1ccc(OC)c([C@H]2CCCN2CC(=O)Nc2cccc(Cl)c2C)c1. The highest BCUT2D eigenvalue weighted by Gasteiger charge is 2.30. The van der Waals surface area contributed by atoms with E-state index in [2.05, 4.69) is 10.2 Å². The summed E-state index contributed by atoms with van der Waals surface area (Å²) in [5, 5.41) is 3.63. The van der Waals surface area contributed by atoms with Gasteiger partial charge < -0.3 is 14.8 Å². The number of methoxy groups -OCH3 is 2. The second kappa shape index (κ2) is 8.63. The van der Waals surface area contributed by atoms with Gasteiger partial charge >= 0.3 is 0 Å². The predicted molar refractivity (Wildman–Crippen MR) is 108 cm³/mol. The molecule has 1 aliphatic heterocycles. The lowest BCUT2D eigenvalue weighted by Gasteiger charge is -2.26. The Hall–Kier alpha value is -2.24. The molecular weight excluding hydrogens is 364 g/mol. The number of likely N-dealkylation sites (tertiary alicyclic amines) is 1. The van der Waals surface area contributed by atoms with Crippen molar-refractivity contribution in [3.63, 3.8) is 0 Å². The number of carbonyl (C=O) groups excluding carboxylic acids is 1. The van der Waals surface area contributed by atoms with Crippen LogP contribution in [0.1, 0.15) is 30.0 Å². The summed E-state index contributed by atoms with van der Waals surface area (Å²) in [5.41, 5.74) is 2.68. The van der Waals surface area contributed by atoms with Gasteiger partial charge in [-0.1, -0.05) is 17.7 Å². The zero-order valence-corrected chi connectivity index (χ0v) is 16.7. The smallest absolute Gasteiger partial charge is 0.238 e. The van der Waals surface area contributed by atoms with Gasteiger partial charge in [0.25, 0.3) is 0 Å². The van der Waals surface area contributed by atoms with Crippen molar-refractivity contribution in [2.24, 2.45) is 0 Å². The summed E-state index contributed by atoms with van der Waals surface area (Å²) in [6.07, 6.45) is 2.02. The van der Waals surface area contributed by atoms with Crippen LogP contribution in [0.2, 0.25) is 5.02 Å². The van der Waals surface area contributed by atoms with E-state index in [0.717, 1.165) is 47.7 Å². The molecule has 1 atom stereocenters. The highest BCUT2D eigenvalue weighted by Crippen LogP contribution is 2.38. The van der Waals surface area contributed by atoms with E-state index in [4.69, 9.17) is 21.1 Å². The number of nitrogens with zero attached hydrogens (tertiary/aromatic N) is 1. The second-order valence-corrected chi connectivity index (χ2v) is 7.10. The molecule has 0 bridgehead atoms. The van der Waals surface area contributed by atoms with Crippen LogP contribution in [0, 0.1) is 6.92 Å². The van der Waals surface area contributed by atoms with Crippen LogP contribution >= 0.6 is 11.6 Å². The molecule has 5 nitrogen and oxygen atoms in total. The van der Waals surface area contributed by atoms with Gasteiger partial charge in [-0.15, -0.1) is 0 Å². The molecule has 0 unspecified atom stereocenters. The third-order valence-electron chi connectivity index (χ3n) is 5.05. The van der Waals surface area contributed by atoms with E-state index in [1.54, 1.807) is 14.2 Å². The summed E-state index contributed by atoms with van der Waals surface area (Å²) in [4.78, 5) is 14.8. The van der Waals surface area contributed by atoms with Gasteiger partial charge in [0.05, 0.1) is 20.8 Å². The molecule has 1 amide bonds. The molecule has 3 rings (SSSR count). The van der Waals surface area contributed by atoms with E-state index >= 15 is 0 Å². The molecule has 0 radical (unpaired) electrons. The van der Waals surface area contributed by atoms with Crippen molar-refractivity contribution in [1.29, 1.82) is 0 Å². The summed E-state index contributed by atoms with van der Waals surface area (Å²) in [6, 6.07) is 11.5. The number of rotatable bonds is 6. The first kappa shape index (κ1) is 19.5. The quantitative estimate of drug-likeness (QED) is 0.794. The van der Waals surface area contributed by atoms with Crippen LogP contribution in [-0.2, 0) is 4.79 Å². The van der Waals surface area contributed by atoms with Crippen LogP contribution in [0.3, 0.4) is 0 Å². The molecule has 2 aromatic rings. The first-order valence-electron chi connectivity index (χ1n) is 9.04. The molecule has 0 aromatic heterocycles. The van der Waals surface area contributed by atoms with Crippen LogP contribution in [0.5, 0.6) is 11.5 Å². The maximum atomic E-state index is 12.6. The van der Waals surface area contributed by atoms with Crippen LogP contribution in [0.15, 0.2) is 36.4 Å². The lowest BCUT2D eigenvalue weighted by atomic mass is 10.0. The zero-order chi connectivity index (χ0) is 19.4. The van der Waals surface area contributed by atoms with E-state index in [1.807, 2.05) is 43.3 Å². The van der Waals surface area contributed by atoms with Gasteiger partial charge in [0.1, 0.15) is 11.5 Å². The Bertz CT molecular complexity index is 825. The van der Waals surface area contributed by atoms with Crippen LogP contribution < -0.4 is 14.8 Å². The van der Waals surface area contributed by atoms with Crippen molar-refractivity contribution in [1.82, 2.24) is 4.90 Å². The normalized spacial score (nSPS) is 17.0. The topological polar surface area (TPSA) is 50.8 Å². The average molecular weight is 389 g/mol. The Morgan fingerprint density at radius 2 is 2.07 bits per heavy atom. The number of halogens is 1. The van der Waals surface area contributed by atoms with Crippen molar-refractivity contribution >= 4 is 23.2 Å². The van der Waals surface area contributed by atoms with Gasteiger partial charge in [0.15, 0.2) is 0 Å². The molecule has 1 aliphatic rings. The fraction of sp³-hybridized carbons (Fsp3) is 0.381. The van der Waals surface area contributed by atoms with Crippen molar-refractivity contribution in [2.45, 2.75) is 25.8 Å². The third-order valence-corrected chi connectivity index (χ3v) is 5.46. The first-order chi connectivity index (χ1) is 13.0. The number of amides is 1. The Labute approximate surface area is 165 Å². The number of carbonyl (C=O) groups is 1. The summed E-state index contributed by atoms with van der Waals surface area (Å²) in [7, 11) is 3.32. The number of ether oxygens (including phenoxy) is 2. The molecular formula is C21H25ClN2O3. The molecule has 27 heavy (non-hydrogen) atoms. The summed E-state index contributed by atoms with van der Waals surface area (Å²) in [5.74, 6) is 1.56. The molecule has 144 valence electrons. The van der Waals surface area contributed by atoms with Gasteiger partial charge in [0, 0.05) is 22.3 Å². The fourth-order valence-corrected chi connectivity index (χ4v) is 3.76. The minimum Gasteiger partial charge on any atom is -0.497 e. The van der Waals surface area contributed by atoms with Crippen molar-refractivity contribution in [3.8, 4) is 11.5 Å². The van der Waals surface area contributed by atoms with Crippen molar-refractivity contribution in [3.05, 3.63) is 52.5 Å². The maximum Gasteiger partial charge on any atom is 0.238 e. The minimum atomic E-state index is -0.0471. The van der Waals surface area contributed by atoms with E-state index in [-0.39, 0.29) is 11.9 Å². The number of benzene rings is 2. The Balaban J connectivity index is 1.75.